The van der Waals surface area contributed by atoms with Crippen molar-refractivity contribution >= 4 is 0 Å². The van der Waals surface area contributed by atoms with Gasteiger partial charge in [-0.3, -0.25) is 0 Å². The van der Waals surface area contributed by atoms with Crippen molar-refractivity contribution in [1.82, 2.24) is 0 Å². The van der Waals surface area contributed by atoms with Gasteiger partial charge in [-0.25, -0.2) is 0 Å². The van der Waals surface area contributed by atoms with Crippen molar-refractivity contribution in [3.8, 4) is 0 Å². The summed E-state index contributed by atoms with van der Waals surface area (Å²) < 4.78 is 5.85. The summed E-state index contributed by atoms with van der Waals surface area (Å²) in [6, 6.07) is 0. The highest BCUT2D eigenvalue weighted by Crippen LogP contribution is 2.14. The van der Waals surface area contributed by atoms with Crippen LogP contribution < -0.4 is 5.73 Å². The number of aliphatic hydroxyl groups is 1. The van der Waals surface area contributed by atoms with E-state index in [1.54, 1.807) is 0 Å². The fourth-order valence-electron chi connectivity index (χ4n) is 4.90. The quantitative estimate of drug-likeness (QED) is 0.0881. The molecule has 0 heterocycles. The van der Waals surface area contributed by atoms with Crippen molar-refractivity contribution < 1.29 is 9.84 Å². The van der Waals surface area contributed by atoms with Crippen molar-refractivity contribution in [2.75, 3.05) is 26.4 Å². The van der Waals surface area contributed by atoms with Crippen molar-refractivity contribution in [2.24, 2.45) is 5.73 Å². The van der Waals surface area contributed by atoms with Crippen LogP contribution in [0.1, 0.15) is 194 Å². The molecule has 37 heavy (non-hydrogen) atoms. The van der Waals surface area contributed by atoms with E-state index in [9.17, 15) is 0 Å². The van der Waals surface area contributed by atoms with Crippen LogP contribution >= 0.6 is 0 Å². The average Bonchev–Trinajstić information content (AvgIpc) is 2.92. The summed E-state index contributed by atoms with van der Waals surface area (Å²) >= 11 is 0. The fourth-order valence-corrected chi connectivity index (χ4v) is 4.90. The molecule has 0 radical (unpaired) electrons. The first-order valence-electron chi connectivity index (χ1n) is 17.2. The number of hydrogen-bond donors (Lipinski definition) is 2. The highest BCUT2D eigenvalue weighted by molar-refractivity contribution is 4.51. The van der Waals surface area contributed by atoms with Gasteiger partial charge >= 0.3 is 0 Å². The topological polar surface area (TPSA) is 55.5 Å². The van der Waals surface area contributed by atoms with E-state index < -0.39 is 0 Å². The molecule has 0 bridgehead atoms. The Morgan fingerprint density at radius 3 is 0.757 bits per heavy atom. The van der Waals surface area contributed by atoms with Crippen molar-refractivity contribution in [2.45, 2.75) is 194 Å². The summed E-state index contributed by atoms with van der Waals surface area (Å²) in [5, 5.41) is 7.75. The van der Waals surface area contributed by atoms with Gasteiger partial charge in [0, 0.05) is 19.8 Å². The van der Waals surface area contributed by atoms with Crippen molar-refractivity contribution in [3.63, 3.8) is 0 Å². The van der Waals surface area contributed by atoms with Crippen LogP contribution in [0.4, 0.5) is 0 Å². The van der Waals surface area contributed by atoms with Crippen LogP contribution in [0, 0.1) is 0 Å². The highest BCUT2D eigenvalue weighted by Gasteiger charge is 1.96. The lowest BCUT2D eigenvalue weighted by Crippen LogP contribution is -2.02. The summed E-state index contributed by atoms with van der Waals surface area (Å²) in [6.45, 7) is 7.07. The van der Waals surface area contributed by atoms with Gasteiger partial charge in [-0.1, -0.05) is 181 Å². The molecule has 0 aromatic rings. The normalized spacial score (nSPS) is 11.0. The van der Waals surface area contributed by atoms with Gasteiger partial charge < -0.3 is 15.6 Å². The third-order valence-corrected chi connectivity index (χ3v) is 7.41. The number of unbranched alkanes of at least 4 members (excludes halogenated alkanes) is 26. The van der Waals surface area contributed by atoms with Crippen LogP contribution in [0.3, 0.4) is 0 Å². The van der Waals surface area contributed by atoms with Gasteiger partial charge in [-0.15, -0.1) is 0 Å². The zero-order valence-corrected chi connectivity index (χ0v) is 26.1. The third-order valence-electron chi connectivity index (χ3n) is 7.41. The van der Waals surface area contributed by atoms with Crippen LogP contribution in [0.2, 0.25) is 0 Å². The predicted molar refractivity (Wildman–Crippen MR) is 168 cm³/mol. The van der Waals surface area contributed by atoms with Gasteiger partial charge in [0.15, 0.2) is 0 Å². The van der Waals surface area contributed by atoms with Crippen molar-refractivity contribution in [3.05, 3.63) is 0 Å². The number of ether oxygens (including phenoxy) is 1. The maximum atomic E-state index is 7.75. The smallest absolute Gasteiger partial charge is 0.0553 e. The van der Waals surface area contributed by atoms with E-state index in [2.05, 4.69) is 13.8 Å². The average molecular weight is 528 g/mol. The fraction of sp³-hybridized carbons (Fsp3) is 1.00. The summed E-state index contributed by atoms with van der Waals surface area (Å²) in [5.74, 6) is 0. The Balaban J connectivity index is 0. The highest BCUT2D eigenvalue weighted by atomic mass is 16.5. The first kappa shape index (κ1) is 39.0. The van der Waals surface area contributed by atoms with E-state index in [4.69, 9.17) is 15.6 Å². The minimum atomic E-state index is 0.0972. The molecule has 0 saturated heterocycles. The van der Waals surface area contributed by atoms with Crippen LogP contribution in [-0.2, 0) is 4.74 Å². The first-order valence-corrected chi connectivity index (χ1v) is 17.2. The van der Waals surface area contributed by atoms with Crippen LogP contribution in [0.25, 0.3) is 0 Å². The number of hydrogen-bond acceptors (Lipinski definition) is 3. The maximum absolute atomic E-state index is 7.75. The monoisotopic (exact) mass is 528 g/mol. The molecule has 3 nitrogen and oxygen atoms in total. The van der Waals surface area contributed by atoms with E-state index in [1.165, 1.54) is 180 Å². The lowest BCUT2D eigenvalue weighted by atomic mass is 10.0. The van der Waals surface area contributed by atoms with Gasteiger partial charge in [0.1, 0.15) is 0 Å². The van der Waals surface area contributed by atoms with Gasteiger partial charge in [-0.2, -0.15) is 0 Å². The molecule has 226 valence electrons. The van der Waals surface area contributed by atoms with Crippen LogP contribution in [-0.4, -0.2) is 31.5 Å². The van der Waals surface area contributed by atoms with Crippen LogP contribution in [0.15, 0.2) is 0 Å². The number of rotatable bonds is 31. The SMILES string of the molecule is CCCCCCCCCCCCCCCCOCCCCCCCCCCCCCCCC.NCCO. The van der Waals surface area contributed by atoms with E-state index in [-0.39, 0.29) is 6.61 Å². The number of aliphatic hydroxyl groups excluding tert-OH is 1. The van der Waals surface area contributed by atoms with Gasteiger partial charge in [0.05, 0.1) is 6.61 Å². The standard InChI is InChI=1S/C32H66O.C2H7NO/c1-3-5-7-9-11-13-15-17-19-21-23-25-27-29-31-33-32-30-28-26-24-22-20-18-16-14-12-10-8-6-4-2;3-1-2-4/h3-32H2,1-2H3;4H,1-3H2. The molecule has 0 saturated carbocycles. The molecule has 0 fully saturated rings. The summed E-state index contributed by atoms with van der Waals surface area (Å²) in [6.07, 6.45) is 40.1. The predicted octanol–water partition coefficient (Wildman–Crippen LogP) is 10.9. The van der Waals surface area contributed by atoms with Gasteiger partial charge in [-0.05, 0) is 12.8 Å². The largest absolute Gasteiger partial charge is 0.395 e. The Morgan fingerprint density at radius 1 is 0.378 bits per heavy atom. The minimum Gasteiger partial charge on any atom is -0.395 e. The van der Waals surface area contributed by atoms with E-state index in [0.29, 0.717) is 6.54 Å². The summed E-state index contributed by atoms with van der Waals surface area (Å²) in [5.41, 5.74) is 4.78. The molecule has 0 spiro atoms. The molecule has 0 aliphatic heterocycles. The first-order chi connectivity index (χ1) is 18.3. The molecular weight excluding hydrogens is 454 g/mol. The minimum absolute atomic E-state index is 0.0972. The van der Waals surface area contributed by atoms with E-state index in [1.807, 2.05) is 0 Å². The lowest BCUT2D eigenvalue weighted by Gasteiger charge is -2.05. The van der Waals surface area contributed by atoms with Crippen molar-refractivity contribution in [1.29, 1.82) is 0 Å². The molecule has 0 atom stereocenters. The molecule has 0 unspecified atom stereocenters. The molecular formula is C34H73NO2. The Hall–Kier alpha value is -0.120. The molecule has 0 amide bonds. The molecule has 3 heteroatoms. The molecule has 0 aromatic heterocycles. The number of nitrogens with two attached hydrogens (primary N) is 1. The molecule has 0 aromatic carbocycles. The maximum Gasteiger partial charge on any atom is 0.0553 e. The van der Waals surface area contributed by atoms with Crippen LogP contribution in [0.5, 0.6) is 0 Å². The third kappa shape index (κ3) is 43.2. The zero-order valence-electron chi connectivity index (χ0n) is 26.1. The second kappa shape index (κ2) is 40.4. The van der Waals surface area contributed by atoms with E-state index >= 15 is 0 Å². The Kier molecular flexibility index (Phi) is 42.6. The molecule has 0 rings (SSSR count). The Bertz CT molecular complexity index is 319. The van der Waals surface area contributed by atoms with Gasteiger partial charge in [0.2, 0.25) is 0 Å². The molecule has 3 N–H and O–H groups in total. The second-order valence-corrected chi connectivity index (χ2v) is 11.3. The Labute approximate surface area is 235 Å². The van der Waals surface area contributed by atoms with E-state index in [0.717, 1.165) is 13.2 Å². The van der Waals surface area contributed by atoms with Gasteiger partial charge in [0.25, 0.3) is 0 Å². The zero-order chi connectivity index (χ0) is 27.3. The summed E-state index contributed by atoms with van der Waals surface area (Å²) in [7, 11) is 0. The lowest BCUT2D eigenvalue weighted by molar-refractivity contribution is 0.125. The molecule has 0 aliphatic carbocycles. The molecule has 0 aliphatic rings. The Morgan fingerprint density at radius 2 is 0.568 bits per heavy atom. The summed E-state index contributed by atoms with van der Waals surface area (Å²) in [4.78, 5) is 0. The second-order valence-electron chi connectivity index (χ2n) is 11.3.